The molecule has 2 N–H and O–H groups in total. The summed E-state index contributed by atoms with van der Waals surface area (Å²) in [5, 5.41) is 15.6. The van der Waals surface area contributed by atoms with Gasteiger partial charge in [-0.2, -0.15) is 18.4 Å². The zero-order valence-electron chi connectivity index (χ0n) is 17.9. The second kappa shape index (κ2) is 9.51. The molecule has 2 unspecified atom stereocenters. The lowest BCUT2D eigenvalue weighted by Gasteiger charge is -2.40. The number of halogens is 4. The molecule has 2 fully saturated rings. The summed E-state index contributed by atoms with van der Waals surface area (Å²) in [5.74, 6) is -2.49. The minimum absolute atomic E-state index is 0.0419. The lowest BCUT2D eigenvalue weighted by atomic mass is 9.90. The normalized spacial score (nSPS) is 26.1. The van der Waals surface area contributed by atoms with Crippen molar-refractivity contribution in [2.75, 3.05) is 31.1 Å². The molecule has 4 rings (SSSR count). The molecule has 2 aromatic rings. The maximum atomic E-state index is 14.1. The Morgan fingerprint density at radius 2 is 2.12 bits per heavy atom. The number of pyridine rings is 1. The van der Waals surface area contributed by atoms with Gasteiger partial charge in [-0.3, -0.25) is 9.78 Å². The zero-order valence-corrected chi connectivity index (χ0v) is 17.9. The average molecular weight is 463 g/mol. The van der Waals surface area contributed by atoms with E-state index in [1.807, 2.05) is 0 Å². The molecule has 1 aromatic heterocycles. The Morgan fingerprint density at radius 1 is 1.30 bits per heavy atom. The second-order valence-electron chi connectivity index (χ2n) is 8.76. The number of anilines is 1. The number of aromatic nitrogens is 1. The number of nitrogens with one attached hydrogen (secondary N) is 2. The van der Waals surface area contributed by atoms with Gasteiger partial charge in [0.2, 0.25) is 5.91 Å². The second-order valence-corrected chi connectivity index (χ2v) is 8.76. The molecule has 4 atom stereocenters. The van der Waals surface area contributed by atoms with E-state index in [0.717, 1.165) is 0 Å². The summed E-state index contributed by atoms with van der Waals surface area (Å²) in [6, 6.07) is 7.89. The van der Waals surface area contributed by atoms with Gasteiger partial charge in [0.15, 0.2) is 0 Å². The smallest absolute Gasteiger partial charge is 0.368 e. The van der Waals surface area contributed by atoms with Gasteiger partial charge in [-0.15, -0.1) is 0 Å². The van der Waals surface area contributed by atoms with E-state index in [1.165, 1.54) is 6.20 Å². The Balaban J connectivity index is 1.56. The van der Waals surface area contributed by atoms with Crippen LogP contribution >= 0.6 is 0 Å². The van der Waals surface area contributed by atoms with Crippen LogP contribution in [-0.2, 0) is 4.79 Å². The third-order valence-electron chi connectivity index (χ3n) is 6.48. The van der Waals surface area contributed by atoms with Gasteiger partial charge in [-0.05, 0) is 43.7 Å². The van der Waals surface area contributed by atoms with E-state index in [9.17, 15) is 27.6 Å². The molecule has 10 heteroatoms. The van der Waals surface area contributed by atoms with E-state index < -0.39 is 36.1 Å². The molecule has 2 aliphatic rings. The van der Waals surface area contributed by atoms with E-state index in [2.05, 4.69) is 21.7 Å². The Labute approximate surface area is 189 Å². The van der Waals surface area contributed by atoms with Crippen LogP contribution in [0.4, 0.5) is 23.2 Å². The minimum atomic E-state index is -4.43. The topological polar surface area (TPSA) is 81.0 Å². The molecular weight excluding hydrogens is 438 g/mol. The number of alkyl halides is 4. The molecule has 2 aliphatic heterocycles. The van der Waals surface area contributed by atoms with Crippen LogP contribution in [0.15, 0.2) is 30.5 Å². The molecule has 0 saturated carbocycles. The summed E-state index contributed by atoms with van der Waals surface area (Å²) in [6.45, 7) is 0.725. The van der Waals surface area contributed by atoms with Crippen molar-refractivity contribution in [1.29, 1.82) is 5.26 Å². The van der Waals surface area contributed by atoms with Gasteiger partial charge in [-0.1, -0.05) is 0 Å². The van der Waals surface area contributed by atoms with Gasteiger partial charge in [0.25, 0.3) is 0 Å². The maximum Gasteiger partial charge on any atom is 0.393 e. The van der Waals surface area contributed by atoms with Crippen molar-refractivity contribution < 1.29 is 22.4 Å². The molecule has 0 bridgehead atoms. The average Bonchev–Trinajstić information content (AvgIpc) is 2.79. The molecule has 0 spiro atoms. The standard InChI is InChI=1S/C23H25F4N5O/c24-19-11-29-7-5-14(19)8-21(33)31-17-9-16(23(25,26)27)12-32(13-17)20-4-3-15(10-28)22-18(20)2-1-6-30-22/h1-4,6,14,16-17,19,29H,5,7-9,11-13H2,(H,31,33)/t14?,16-,17+,19?/m0/s1. The van der Waals surface area contributed by atoms with Gasteiger partial charge in [0.05, 0.1) is 17.0 Å². The number of rotatable bonds is 4. The zero-order chi connectivity index (χ0) is 23.6. The first-order valence-corrected chi connectivity index (χ1v) is 11.0. The van der Waals surface area contributed by atoms with E-state index >= 15 is 0 Å². The van der Waals surface area contributed by atoms with Crippen LogP contribution in [-0.4, -0.2) is 55.5 Å². The number of carbonyl (C=O) groups is 1. The number of benzene rings is 1. The van der Waals surface area contributed by atoms with Crippen molar-refractivity contribution in [1.82, 2.24) is 15.6 Å². The van der Waals surface area contributed by atoms with Crippen molar-refractivity contribution in [3.8, 4) is 6.07 Å². The van der Waals surface area contributed by atoms with Crippen LogP contribution in [0.1, 0.15) is 24.8 Å². The number of fused-ring (bicyclic) bond motifs is 1. The first-order valence-electron chi connectivity index (χ1n) is 11.0. The van der Waals surface area contributed by atoms with E-state index in [-0.39, 0.29) is 32.5 Å². The number of piperidine rings is 2. The summed E-state index contributed by atoms with van der Waals surface area (Å²) in [7, 11) is 0. The monoisotopic (exact) mass is 463 g/mol. The van der Waals surface area contributed by atoms with Crippen LogP contribution in [0.5, 0.6) is 0 Å². The number of carbonyl (C=O) groups excluding carboxylic acids is 1. The van der Waals surface area contributed by atoms with Crippen LogP contribution < -0.4 is 15.5 Å². The number of nitrogens with zero attached hydrogens (tertiary/aromatic N) is 3. The highest BCUT2D eigenvalue weighted by Crippen LogP contribution is 2.37. The van der Waals surface area contributed by atoms with Crippen molar-refractivity contribution in [2.45, 2.75) is 37.7 Å². The predicted octanol–water partition coefficient (Wildman–Crippen LogP) is 3.32. The summed E-state index contributed by atoms with van der Waals surface area (Å²) < 4.78 is 55.3. The summed E-state index contributed by atoms with van der Waals surface area (Å²) in [6.07, 6.45) is -3.80. The van der Waals surface area contributed by atoms with Gasteiger partial charge >= 0.3 is 6.18 Å². The first-order chi connectivity index (χ1) is 15.8. The number of hydrogen-bond acceptors (Lipinski definition) is 5. The maximum absolute atomic E-state index is 14.1. The molecule has 33 heavy (non-hydrogen) atoms. The van der Waals surface area contributed by atoms with Gasteiger partial charge in [-0.25, -0.2) is 4.39 Å². The Bertz CT molecular complexity index is 1050. The van der Waals surface area contributed by atoms with Crippen molar-refractivity contribution in [3.63, 3.8) is 0 Å². The van der Waals surface area contributed by atoms with Crippen LogP contribution in [0.3, 0.4) is 0 Å². The van der Waals surface area contributed by atoms with E-state index in [4.69, 9.17) is 0 Å². The molecule has 3 heterocycles. The van der Waals surface area contributed by atoms with Crippen molar-refractivity contribution in [3.05, 3.63) is 36.0 Å². The lowest BCUT2D eigenvalue weighted by Crippen LogP contribution is -2.54. The van der Waals surface area contributed by atoms with Gasteiger partial charge < -0.3 is 15.5 Å². The number of amides is 1. The highest BCUT2D eigenvalue weighted by Gasteiger charge is 2.45. The fourth-order valence-corrected chi connectivity index (χ4v) is 4.79. The molecule has 1 amide bonds. The van der Waals surface area contributed by atoms with Gasteiger partial charge in [0, 0.05) is 55.3 Å². The summed E-state index contributed by atoms with van der Waals surface area (Å²) in [5.41, 5.74) is 1.30. The Hall–Kier alpha value is -2.93. The summed E-state index contributed by atoms with van der Waals surface area (Å²) in [4.78, 5) is 18.4. The van der Waals surface area contributed by atoms with Crippen molar-refractivity contribution >= 4 is 22.5 Å². The first kappa shape index (κ1) is 23.2. The van der Waals surface area contributed by atoms with Crippen LogP contribution in [0, 0.1) is 23.2 Å². The van der Waals surface area contributed by atoms with Gasteiger partial charge in [0.1, 0.15) is 12.2 Å². The third kappa shape index (κ3) is 5.19. The summed E-state index contributed by atoms with van der Waals surface area (Å²) >= 11 is 0. The highest BCUT2D eigenvalue weighted by molar-refractivity contribution is 5.95. The minimum Gasteiger partial charge on any atom is -0.368 e. The Kier molecular flexibility index (Phi) is 6.70. The fourth-order valence-electron chi connectivity index (χ4n) is 4.79. The highest BCUT2D eigenvalue weighted by atomic mass is 19.4. The van der Waals surface area contributed by atoms with Crippen LogP contribution in [0.2, 0.25) is 0 Å². The molecule has 2 saturated heterocycles. The quantitative estimate of drug-likeness (QED) is 0.680. The van der Waals surface area contributed by atoms with E-state index in [0.29, 0.717) is 35.1 Å². The Morgan fingerprint density at radius 3 is 2.85 bits per heavy atom. The predicted molar refractivity (Wildman–Crippen MR) is 115 cm³/mol. The number of nitriles is 1. The lowest BCUT2D eigenvalue weighted by molar-refractivity contribution is -0.178. The molecule has 176 valence electrons. The number of hydrogen-bond donors (Lipinski definition) is 2. The third-order valence-corrected chi connectivity index (χ3v) is 6.48. The molecule has 0 radical (unpaired) electrons. The van der Waals surface area contributed by atoms with E-state index in [1.54, 1.807) is 29.2 Å². The molecule has 0 aliphatic carbocycles. The van der Waals surface area contributed by atoms with Crippen molar-refractivity contribution in [2.24, 2.45) is 11.8 Å². The molecule has 6 nitrogen and oxygen atoms in total. The molecule has 1 aromatic carbocycles. The largest absolute Gasteiger partial charge is 0.393 e. The fraction of sp³-hybridized carbons (Fsp3) is 0.522. The molecular formula is C23H25F4N5O. The van der Waals surface area contributed by atoms with Crippen LogP contribution in [0.25, 0.3) is 10.9 Å². The SMILES string of the molecule is N#Cc1ccc(N2C[C@H](NC(=O)CC3CCNCC3F)C[C@H](C(F)(F)F)C2)c2cccnc12.